The molecule has 6 nitrogen and oxygen atoms in total. The third-order valence-electron chi connectivity index (χ3n) is 3.87. The Bertz CT molecular complexity index is 290. The first-order chi connectivity index (χ1) is 10.1. The van der Waals surface area contributed by atoms with E-state index in [2.05, 4.69) is 5.32 Å². The van der Waals surface area contributed by atoms with Gasteiger partial charge in [-0.1, -0.05) is 0 Å². The average Bonchev–Trinajstić information content (AvgIpc) is 2.47. The molecule has 0 spiro atoms. The van der Waals surface area contributed by atoms with Crippen LogP contribution >= 0.6 is 0 Å². The van der Waals surface area contributed by atoms with Gasteiger partial charge in [-0.05, 0) is 45.6 Å². The maximum atomic E-state index is 11.6. The van der Waals surface area contributed by atoms with E-state index in [4.69, 9.17) is 14.6 Å². The number of rotatable bonds is 10. The molecule has 0 aromatic rings. The number of aliphatic hydroxyl groups is 2. The SMILES string of the molecule is CCOC(=O)C1CCC(O)(CNCCCOCCO)CC1. The van der Waals surface area contributed by atoms with Gasteiger partial charge in [0, 0.05) is 13.2 Å². The van der Waals surface area contributed by atoms with Crippen LogP contribution in [0.1, 0.15) is 39.0 Å². The smallest absolute Gasteiger partial charge is 0.308 e. The monoisotopic (exact) mass is 303 g/mol. The van der Waals surface area contributed by atoms with E-state index in [9.17, 15) is 9.90 Å². The molecular formula is C15H29NO5. The van der Waals surface area contributed by atoms with E-state index in [0.717, 1.165) is 13.0 Å². The van der Waals surface area contributed by atoms with Crippen LogP contribution in [0.15, 0.2) is 0 Å². The van der Waals surface area contributed by atoms with Crippen LogP contribution in [0.4, 0.5) is 0 Å². The van der Waals surface area contributed by atoms with Gasteiger partial charge < -0.3 is 25.0 Å². The number of nitrogens with one attached hydrogen (secondary N) is 1. The molecule has 0 unspecified atom stereocenters. The molecule has 1 aliphatic rings. The Morgan fingerprint density at radius 2 is 2.05 bits per heavy atom. The highest BCUT2D eigenvalue weighted by atomic mass is 16.5. The maximum Gasteiger partial charge on any atom is 0.308 e. The lowest BCUT2D eigenvalue weighted by atomic mass is 9.79. The molecule has 0 aliphatic heterocycles. The van der Waals surface area contributed by atoms with Gasteiger partial charge in [-0.15, -0.1) is 0 Å². The molecule has 124 valence electrons. The lowest BCUT2D eigenvalue weighted by molar-refractivity contribution is -0.151. The molecule has 0 atom stereocenters. The Kier molecular flexibility index (Phi) is 8.84. The predicted octanol–water partition coefficient (Wildman–Crippen LogP) is 0.459. The van der Waals surface area contributed by atoms with Crippen molar-refractivity contribution in [3.63, 3.8) is 0 Å². The molecule has 0 radical (unpaired) electrons. The molecule has 0 bridgehead atoms. The van der Waals surface area contributed by atoms with Crippen molar-refractivity contribution in [3.8, 4) is 0 Å². The van der Waals surface area contributed by atoms with Crippen molar-refractivity contribution in [2.75, 3.05) is 39.5 Å². The van der Waals surface area contributed by atoms with Crippen molar-refractivity contribution < 1.29 is 24.5 Å². The summed E-state index contributed by atoms with van der Waals surface area (Å²) in [5.74, 6) is -0.189. The van der Waals surface area contributed by atoms with Gasteiger partial charge in [-0.3, -0.25) is 4.79 Å². The fourth-order valence-corrected chi connectivity index (χ4v) is 2.61. The van der Waals surface area contributed by atoms with Gasteiger partial charge in [0.05, 0.1) is 31.3 Å². The van der Waals surface area contributed by atoms with Gasteiger partial charge in [-0.2, -0.15) is 0 Å². The summed E-state index contributed by atoms with van der Waals surface area (Å²) in [7, 11) is 0. The molecular weight excluding hydrogens is 274 g/mol. The Morgan fingerprint density at radius 1 is 1.33 bits per heavy atom. The number of carbonyl (C=O) groups excluding carboxylic acids is 1. The molecule has 6 heteroatoms. The molecule has 3 N–H and O–H groups in total. The molecule has 21 heavy (non-hydrogen) atoms. The van der Waals surface area contributed by atoms with Gasteiger partial charge in [0.2, 0.25) is 0 Å². The minimum Gasteiger partial charge on any atom is -0.466 e. The summed E-state index contributed by atoms with van der Waals surface area (Å²) in [5.41, 5.74) is -0.713. The number of hydrogen-bond donors (Lipinski definition) is 3. The van der Waals surface area contributed by atoms with Crippen molar-refractivity contribution in [1.82, 2.24) is 5.32 Å². The van der Waals surface area contributed by atoms with Gasteiger partial charge in [0.25, 0.3) is 0 Å². The van der Waals surface area contributed by atoms with Crippen LogP contribution in [-0.2, 0) is 14.3 Å². The lowest BCUT2D eigenvalue weighted by Crippen LogP contribution is -2.45. The first kappa shape index (κ1) is 18.4. The van der Waals surface area contributed by atoms with E-state index in [0.29, 0.717) is 52.0 Å². The molecule has 1 aliphatic carbocycles. The van der Waals surface area contributed by atoms with Crippen molar-refractivity contribution in [1.29, 1.82) is 0 Å². The summed E-state index contributed by atoms with van der Waals surface area (Å²) in [6.45, 7) is 4.58. The summed E-state index contributed by atoms with van der Waals surface area (Å²) in [6, 6.07) is 0. The van der Waals surface area contributed by atoms with Crippen molar-refractivity contribution in [2.45, 2.75) is 44.6 Å². The second-order valence-corrected chi connectivity index (χ2v) is 5.62. The fourth-order valence-electron chi connectivity index (χ4n) is 2.61. The number of ether oxygens (including phenoxy) is 2. The molecule has 0 amide bonds. The number of carbonyl (C=O) groups is 1. The lowest BCUT2D eigenvalue weighted by Gasteiger charge is -2.35. The van der Waals surface area contributed by atoms with E-state index >= 15 is 0 Å². The van der Waals surface area contributed by atoms with E-state index < -0.39 is 5.60 Å². The summed E-state index contributed by atoms with van der Waals surface area (Å²) in [6.07, 6.45) is 3.49. The zero-order valence-corrected chi connectivity index (χ0v) is 13.0. The highest BCUT2D eigenvalue weighted by Gasteiger charge is 2.35. The van der Waals surface area contributed by atoms with Crippen LogP contribution in [0, 0.1) is 5.92 Å². The number of aliphatic hydroxyl groups excluding tert-OH is 1. The van der Waals surface area contributed by atoms with Crippen LogP contribution in [0.25, 0.3) is 0 Å². The predicted molar refractivity (Wildman–Crippen MR) is 78.9 cm³/mol. The van der Waals surface area contributed by atoms with Gasteiger partial charge in [0.15, 0.2) is 0 Å². The quantitative estimate of drug-likeness (QED) is 0.401. The molecule has 0 saturated heterocycles. The molecule has 1 rings (SSSR count). The molecule has 0 heterocycles. The van der Waals surface area contributed by atoms with Crippen LogP contribution in [-0.4, -0.2) is 61.3 Å². The van der Waals surface area contributed by atoms with Crippen molar-refractivity contribution in [2.24, 2.45) is 5.92 Å². The van der Waals surface area contributed by atoms with Crippen LogP contribution in [0.5, 0.6) is 0 Å². The first-order valence-corrected chi connectivity index (χ1v) is 7.89. The normalized spacial score (nSPS) is 25.8. The van der Waals surface area contributed by atoms with Gasteiger partial charge >= 0.3 is 5.97 Å². The molecule has 0 aromatic carbocycles. The summed E-state index contributed by atoms with van der Waals surface area (Å²) >= 11 is 0. The largest absolute Gasteiger partial charge is 0.466 e. The Hall–Kier alpha value is -0.690. The van der Waals surface area contributed by atoms with E-state index in [1.54, 1.807) is 0 Å². The third kappa shape index (κ3) is 7.22. The minimum absolute atomic E-state index is 0.0504. The van der Waals surface area contributed by atoms with Crippen molar-refractivity contribution in [3.05, 3.63) is 0 Å². The van der Waals surface area contributed by atoms with Crippen LogP contribution in [0.3, 0.4) is 0 Å². The van der Waals surface area contributed by atoms with E-state index in [1.165, 1.54) is 0 Å². The second kappa shape index (κ2) is 10.1. The van der Waals surface area contributed by atoms with Gasteiger partial charge in [-0.25, -0.2) is 0 Å². The fraction of sp³-hybridized carbons (Fsp3) is 0.933. The second-order valence-electron chi connectivity index (χ2n) is 5.62. The summed E-state index contributed by atoms with van der Waals surface area (Å²) < 4.78 is 10.2. The Balaban J connectivity index is 2.12. The minimum atomic E-state index is -0.713. The topological polar surface area (TPSA) is 88.0 Å². The number of esters is 1. The van der Waals surface area contributed by atoms with Crippen molar-refractivity contribution >= 4 is 5.97 Å². The van der Waals surface area contributed by atoms with E-state index in [1.807, 2.05) is 6.92 Å². The first-order valence-electron chi connectivity index (χ1n) is 7.89. The zero-order chi connectivity index (χ0) is 15.6. The van der Waals surface area contributed by atoms with Gasteiger partial charge in [0.1, 0.15) is 0 Å². The molecule has 1 fully saturated rings. The summed E-state index contributed by atoms with van der Waals surface area (Å²) in [5, 5.41) is 22.3. The highest BCUT2D eigenvalue weighted by molar-refractivity contribution is 5.72. The maximum absolute atomic E-state index is 11.6. The third-order valence-corrected chi connectivity index (χ3v) is 3.87. The Labute approximate surface area is 126 Å². The highest BCUT2D eigenvalue weighted by Crippen LogP contribution is 2.32. The van der Waals surface area contributed by atoms with Crippen LogP contribution < -0.4 is 5.32 Å². The Morgan fingerprint density at radius 3 is 2.67 bits per heavy atom. The zero-order valence-electron chi connectivity index (χ0n) is 13.0. The summed E-state index contributed by atoms with van der Waals surface area (Å²) in [4.78, 5) is 11.6. The van der Waals surface area contributed by atoms with Crippen LogP contribution in [0.2, 0.25) is 0 Å². The number of hydrogen-bond acceptors (Lipinski definition) is 6. The van der Waals surface area contributed by atoms with E-state index in [-0.39, 0.29) is 18.5 Å². The molecule has 0 aromatic heterocycles. The average molecular weight is 303 g/mol. The standard InChI is InChI=1S/C15H29NO5/c1-2-21-14(18)13-4-6-15(19,7-5-13)12-16-8-3-10-20-11-9-17/h13,16-17,19H,2-12H2,1H3. The molecule has 1 saturated carbocycles.